The van der Waals surface area contributed by atoms with Crippen LogP contribution in [0.3, 0.4) is 0 Å². The number of hydrogen-bond donors (Lipinski definition) is 0. The second kappa shape index (κ2) is 13.6. The first-order valence-corrected chi connectivity index (χ1v) is 14.2. The Morgan fingerprint density at radius 3 is 2.44 bits per heavy atom. The number of ether oxygens (including phenoxy) is 5. The van der Waals surface area contributed by atoms with Crippen molar-refractivity contribution in [3.8, 4) is 23.0 Å². The van der Waals surface area contributed by atoms with Crippen molar-refractivity contribution in [3.05, 3.63) is 90.6 Å². The molecule has 0 amide bonds. The maximum absolute atomic E-state index is 13.9. The predicted octanol–water partition coefficient (Wildman–Crippen LogP) is 4.43. The lowest BCUT2D eigenvalue weighted by Crippen LogP contribution is -2.39. The summed E-state index contributed by atoms with van der Waals surface area (Å²) in [5, 5.41) is 0.334. The van der Waals surface area contributed by atoms with E-state index in [2.05, 4.69) is 11.6 Å². The summed E-state index contributed by atoms with van der Waals surface area (Å²) in [5.41, 5.74) is 1.16. The second-order valence-electron chi connectivity index (χ2n) is 8.61. The molecule has 2 aromatic carbocycles. The number of hydrogen-bond acceptors (Lipinski definition) is 9. The van der Waals surface area contributed by atoms with Crippen molar-refractivity contribution in [3.63, 3.8) is 0 Å². The lowest BCUT2D eigenvalue weighted by atomic mass is 9.97. The molecule has 9 nitrogen and oxygen atoms in total. The molecule has 11 heteroatoms. The van der Waals surface area contributed by atoms with Crippen LogP contribution in [-0.2, 0) is 9.53 Å². The first kappa shape index (κ1) is 30.0. The summed E-state index contributed by atoms with van der Waals surface area (Å²) in [7, 11) is 1.29. The normalized spacial score (nSPS) is 14.4. The van der Waals surface area contributed by atoms with Crippen LogP contribution in [0.4, 0.5) is 0 Å². The van der Waals surface area contributed by atoms with E-state index in [-0.39, 0.29) is 17.7 Å². The van der Waals surface area contributed by atoms with Gasteiger partial charge in [0.2, 0.25) is 0 Å². The van der Waals surface area contributed by atoms with Crippen molar-refractivity contribution in [2.24, 2.45) is 4.99 Å². The highest BCUT2D eigenvalue weighted by molar-refractivity contribution is 7.07. The number of nitrogens with zero attached hydrogens (tertiary/aromatic N) is 2. The number of halogens is 1. The van der Waals surface area contributed by atoms with Crippen molar-refractivity contribution in [2.45, 2.75) is 26.8 Å². The molecule has 0 fully saturated rings. The number of methoxy groups -OCH3 is 1. The smallest absolute Gasteiger partial charge is 0.337 e. The van der Waals surface area contributed by atoms with Gasteiger partial charge in [0.1, 0.15) is 6.61 Å². The Balaban J connectivity index is 1.88. The highest BCUT2D eigenvalue weighted by Gasteiger charge is 2.31. The summed E-state index contributed by atoms with van der Waals surface area (Å²) in [6.45, 7) is 10.8. The number of fused-ring (bicyclic) bond motifs is 1. The number of carbonyl (C=O) groups is 1. The van der Waals surface area contributed by atoms with Gasteiger partial charge >= 0.3 is 5.97 Å². The zero-order valence-corrected chi connectivity index (χ0v) is 24.8. The molecule has 0 radical (unpaired) electrons. The minimum Gasteiger partial charge on any atom is -0.490 e. The van der Waals surface area contributed by atoms with Crippen LogP contribution in [0.2, 0.25) is 5.02 Å². The Kier molecular flexibility index (Phi) is 9.91. The Morgan fingerprint density at radius 2 is 1.76 bits per heavy atom. The second-order valence-corrected chi connectivity index (χ2v) is 10.0. The molecular weight excluding hydrogens is 568 g/mol. The van der Waals surface area contributed by atoms with Crippen LogP contribution in [-0.4, -0.2) is 44.1 Å². The van der Waals surface area contributed by atoms with Gasteiger partial charge in [0.05, 0.1) is 48.1 Å². The number of carbonyl (C=O) groups excluding carboxylic acids is 1. The largest absolute Gasteiger partial charge is 0.490 e. The van der Waals surface area contributed by atoms with Crippen molar-refractivity contribution in [1.29, 1.82) is 0 Å². The number of aromatic nitrogens is 1. The maximum Gasteiger partial charge on any atom is 0.337 e. The van der Waals surface area contributed by atoms with Gasteiger partial charge < -0.3 is 23.7 Å². The summed E-state index contributed by atoms with van der Waals surface area (Å²) in [6, 6.07) is 7.99. The number of thiazole rings is 1. The molecule has 0 saturated carbocycles. The molecule has 216 valence electrons. The third-order valence-corrected chi connectivity index (χ3v) is 7.26. The van der Waals surface area contributed by atoms with Crippen molar-refractivity contribution in [1.82, 2.24) is 4.57 Å². The molecule has 0 saturated heterocycles. The summed E-state index contributed by atoms with van der Waals surface area (Å²) in [6.07, 6.45) is 4.76. The zero-order chi connectivity index (χ0) is 29.5. The van der Waals surface area contributed by atoms with Crippen LogP contribution < -0.4 is 33.8 Å². The van der Waals surface area contributed by atoms with Crippen molar-refractivity contribution < 1.29 is 28.5 Å². The summed E-state index contributed by atoms with van der Waals surface area (Å²) in [5.74, 6) is 1.33. The van der Waals surface area contributed by atoms with Gasteiger partial charge in [0.15, 0.2) is 27.8 Å². The van der Waals surface area contributed by atoms with E-state index in [1.54, 1.807) is 42.5 Å². The molecule has 3 aromatic rings. The minimum absolute atomic E-state index is 0.212. The van der Waals surface area contributed by atoms with Gasteiger partial charge in [-0.15, -0.1) is 0 Å². The lowest BCUT2D eigenvalue weighted by Gasteiger charge is -2.23. The molecule has 1 atom stereocenters. The SMILES string of the molecule is C=CCOc1c(Cl)cc(/C=c2\sc3n(c2=O)[C@@H](c2ccc(OCC)c(OCC)c2)C(C(=O)OC)=CN=3)cc1OCC. The first-order valence-electron chi connectivity index (χ1n) is 13.1. The van der Waals surface area contributed by atoms with Gasteiger partial charge in [-0.1, -0.05) is 41.7 Å². The fourth-order valence-electron chi connectivity index (χ4n) is 4.36. The van der Waals surface area contributed by atoms with E-state index < -0.39 is 12.0 Å². The molecule has 0 spiro atoms. The summed E-state index contributed by atoms with van der Waals surface area (Å²) >= 11 is 7.71. The number of esters is 1. The standard InChI is InChI=1S/C30H31ClN2O7S/c1-6-12-40-27-21(31)13-18(14-24(27)39-9-4)15-25-28(34)33-26(20(29(35)36-5)17-32-30(33)41-25)19-10-11-22(37-7-2)23(16-19)38-8-3/h6,10-11,13-17,26H,1,7-9,12H2,2-5H3/b25-15-/t26-/m0/s1. The Bertz CT molecular complexity index is 1660. The maximum atomic E-state index is 13.9. The molecule has 2 heterocycles. The highest BCUT2D eigenvalue weighted by Crippen LogP contribution is 2.37. The van der Waals surface area contributed by atoms with Crippen molar-refractivity contribution >= 4 is 35.0 Å². The molecule has 0 unspecified atom stereocenters. The predicted molar refractivity (Wildman–Crippen MR) is 158 cm³/mol. The van der Waals surface area contributed by atoms with Crippen LogP contribution in [0.15, 0.2) is 64.5 Å². The van der Waals surface area contributed by atoms with Gasteiger partial charge in [-0.2, -0.15) is 0 Å². The average Bonchev–Trinajstić information content (AvgIpc) is 3.27. The van der Waals surface area contributed by atoms with Crippen molar-refractivity contribution in [2.75, 3.05) is 33.5 Å². The summed E-state index contributed by atoms with van der Waals surface area (Å²) < 4.78 is 29.9. The lowest BCUT2D eigenvalue weighted by molar-refractivity contribution is -0.136. The molecule has 0 bridgehead atoms. The number of benzene rings is 2. The minimum atomic E-state index is -0.798. The van der Waals surface area contributed by atoms with Gasteiger partial charge in [-0.25, -0.2) is 9.79 Å². The molecule has 41 heavy (non-hydrogen) atoms. The monoisotopic (exact) mass is 598 g/mol. The van der Waals surface area contributed by atoms with Crippen LogP contribution >= 0.6 is 22.9 Å². The van der Waals surface area contributed by atoms with Gasteiger partial charge in [0.25, 0.3) is 5.56 Å². The molecule has 0 N–H and O–H groups in total. The Hall–Kier alpha value is -4.02. The van der Waals surface area contributed by atoms with Crippen LogP contribution in [0, 0.1) is 0 Å². The van der Waals surface area contributed by atoms with E-state index in [0.717, 1.165) is 0 Å². The highest BCUT2D eigenvalue weighted by atomic mass is 35.5. The molecule has 1 aromatic heterocycles. The third-order valence-electron chi connectivity index (χ3n) is 5.98. The van der Waals surface area contributed by atoms with Gasteiger partial charge in [-0.3, -0.25) is 9.36 Å². The molecular formula is C30H31ClN2O7S. The Labute approximate surface area is 246 Å². The Morgan fingerprint density at radius 1 is 1.05 bits per heavy atom. The molecule has 1 aliphatic heterocycles. The average molecular weight is 599 g/mol. The first-order chi connectivity index (χ1) is 19.9. The van der Waals surface area contributed by atoms with E-state index in [1.807, 2.05) is 20.8 Å². The third kappa shape index (κ3) is 6.34. The molecule has 1 aliphatic rings. The van der Waals surface area contributed by atoms with E-state index in [9.17, 15) is 9.59 Å². The topological polar surface area (TPSA) is 97.6 Å². The quantitative estimate of drug-likeness (QED) is 0.225. The van der Waals surface area contributed by atoms with Gasteiger partial charge in [0, 0.05) is 6.20 Å². The van der Waals surface area contributed by atoms with Crippen LogP contribution in [0.5, 0.6) is 23.0 Å². The molecule has 4 rings (SSSR count). The van der Waals surface area contributed by atoms with Crippen LogP contribution in [0.1, 0.15) is 37.9 Å². The van der Waals surface area contributed by atoms with E-state index in [0.29, 0.717) is 68.3 Å². The summed E-state index contributed by atoms with van der Waals surface area (Å²) in [4.78, 5) is 31.6. The zero-order valence-electron chi connectivity index (χ0n) is 23.3. The van der Waals surface area contributed by atoms with Crippen LogP contribution in [0.25, 0.3) is 6.08 Å². The van der Waals surface area contributed by atoms with E-state index in [1.165, 1.54) is 29.2 Å². The fraction of sp³-hybridized carbons (Fsp3) is 0.300. The van der Waals surface area contributed by atoms with E-state index >= 15 is 0 Å². The van der Waals surface area contributed by atoms with Gasteiger partial charge in [-0.05, 0) is 62.2 Å². The van der Waals surface area contributed by atoms with E-state index in [4.69, 9.17) is 35.3 Å². The number of rotatable bonds is 12. The molecule has 0 aliphatic carbocycles. The fourth-order valence-corrected chi connectivity index (χ4v) is 5.60.